The smallest absolute Gasteiger partial charge is 0.336 e. The fourth-order valence-corrected chi connectivity index (χ4v) is 5.10. The van der Waals surface area contributed by atoms with Gasteiger partial charge < -0.3 is 15.7 Å². The minimum absolute atomic E-state index is 0.00795. The standard InChI is InChI=1S/C28H26F3N5O4/c1-13-7-10-19(18(29)11-13)33-24-20-21(14(2)25(38)34(24)3)35(27(40)36(26(20)39)16-8-9-16)17-6-4-5-15(12-17)32-22-23(37)28(22,30)31/h4-7,10-12,16,22-23,32-33,37H,8-9H2,1-3H3. The molecule has 4 aromatic rings. The fourth-order valence-electron chi connectivity index (χ4n) is 5.10. The number of nitrogens with zero attached hydrogens (tertiary/aromatic N) is 3. The first-order valence-corrected chi connectivity index (χ1v) is 12.8. The molecule has 0 aliphatic heterocycles. The molecule has 2 heterocycles. The lowest BCUT2D eigenvalue weighted by atomic mass is 10.1. The molecule has 0 amide bonds. The zero-order valence-corrected chi connectivity index (χ0v) is 21.8. The molecule has 2 unspecified atom stereocenters. The molecule has 0 radical (unpaired) electrons. The van der Waals surface area contributed by atoms with Crippen LogP contribution in [0.25, 0.3) is 16.6 Å². The van der Waals surface area contributed by atoms with Crippen molar-refractivity contribution in [3.05, 3.63) is 90.6 Å². The van der Waals surface area contributed by atoms with Crippen molar-refractivity contribution in [2.45, 2.75) is 50.8 Å². The summed E-state index contributed by atoms with van der Waals surface area (Å²) >= 11 is 0. The Morgan fingerprint density at radius 3 is 2.35 bits per heavy atom. The van der Waals surface area contributed by atoms with Gasteiger partial charge in [-0.1, -0.05) is 12.1 Å². The van der Waals surface area contributed by atoms with E-state index in [1.165, 1.54) is 53.4 Å². The van der Waals surface area contributed by atoms with Crippen LogP contribution in [0.5, 0.6) is 0 Å². The SMILES string of the molecule is Cc1ccc(Nc2c3c(=O)n(C4CC4)c(=O)n(-c4cccc(NC5C(O)C5(F)F)c4)c3c(C)c(=O)n2C)c(F)c1. The molecule has 2 saturated carbocycles. The van der Waals surface area contributed by atoms with Gasteiger partial charge >= 0.3 is 5.69 Å². The molecular weight excluding hydrogens is 527 g/mol. The summed E-state index contributed by atoms with van der Waals surface area (Å²) in [5.74, 6) is -3.86. The van der Waals surface area contributed by atoms with E-state index in [1.54, 1.807) is 19.1 Å². The number of nitrogens with one attached hydrogen (secondary N) is 2. The predicted molar refractivity (Wildman–Crippen MR) is 145 cm³/mol. The maximum Gasteiger partial charge on any atom is 0.336 e. The van der Waals surface area contributed by atoms with Gasteiger partial charge in [0.1, 0.15) is 29.2 Å². The van der Waals surface area contributed by atoms with Gasteiger partial charge in [0.2, 0.25) is 0 Å². The molecule has 2 aromatic heterocycles. The highest BCUT2D eigenvalue weighted by Gasteiger charge is 2.68. The van der Waals surface area contributed by atoms with Crippen LogP contribution in [0.2, 0.25) is 0 Å². The van der Waals surface area contributed by atoms with Gasteiger partial charge in [0, 0.05) is 24.3 Å². The lowest BCUT2D eigenvalue weighted by Gasteiger charge is -2.21. The average molecular weight is 554 g/mol. The van der Waals surface area contributed by atoms with Crippen molar-refractivity contribution in [2.75, 3.05) is 10.6 Å². The molecule has 208 valence electrons. The second-order valence-corrected chi connectivity index (χ2v) is 10.5. The van der Waals surface area contributed by atoms with Crippen molar-refractivity contribution in [3.63, 3.8) is 0 Å². The summed E-state index contributed by atoms with van der Waals surface area (Å²) in [5, 5.41) is 15.0. The van der Waals surface area contributed by atoms with Gasteiger partial charge in [-0.05, 0) is 62.6 Å². The van der Waals surface area contributed by atoms with Crippen molar-refractivity contribution in [1.82, 2.24) is 13.7 Å². The second-order valence-electron chi connectivity index (χ2n) is 10.5. The van der Waals surface area contributed by atoms with Crippen molar-refractivity contribution in [1.29, 1.82) is 0 Å². The van der Waals surface area contributed by atoms with E-state index in [0.29, 0.717) is 18.4 Å². The molecule has 9 nitrogen and oxygen atoms in total. The number of benzene rings is 2. The zero-order valence-electron chi connectivity index (χ0n) is 21.8. The number of aromatic nitrogens is 3. The number of aliphatic hydroxyl groups is 1. The number of fused-ring (bicyclic) bond motifs is 1. The quantitative estimate of drug-likeness (QED) is 0.337. The third-order valence-electron chi connectivity index (χ3n) is 7.58. The van der Waals surface area contributed by atoms with Gasteiger partial charge in [-0.2, -0.15) is 0 Å². The van der Waals surface area contributed by atoms with Crippen LogP contribution in [0.3, 0.4) is 0 Å². The summed E-state index contributed by atoms with van der Waals surface area (Å²) in [6.45, 7) is 3.21. The van der Waals surface area contributed by atoms with Crippen LogP contribution in [0, 0.1) is 19.7 Å². The highest BCUT2D eigenvalue weighted by atomic mass is 19.3. The van der Waals surface area contributed by atoms with Crippen molar-refractivity contribution in [3.8, 4) is 5.69 Å². The summed E-state index contributed by atoms with van der Waals surface area (Å²) in [6.07, 6.45) is -0.619. The lowest BCUT2D eigenvalue weighted by molar-refractivity contribution is 0.0564. The van der Waals surface area contributed by atoms with Gasteiger partial charge in [-0.15, -0.1) is 0 Å². The highest BCUT2D eigenvalue weighted by Crippen LogP contribution is 2.44. The molecule has 40 heavy (non-hydrogen) atoms. The Morgan fingerprint density at radius 2 is 1.73 bits per heavy atom. The molecular formula is C28H26F3N5O4. The largest absolute Gasteiger partial charge is 0.384 e. The molecule has 2 atom stereocenters. The molecule has 2 aromatic carbocycles. The van der Waals surface area contributed by atoms with Crippen LogP contribution in [0.4, 0.5) is 30.4 Å². The summed E-state index contributed by atoms with van der Waals surface area (Å²) in [5.41, 5.74) is -0.543. The van der Waals surface area contributed by atoms with E-state index in [9.17, 15) is 32.7 Å². The first-order chi connectivity index (χ1) is 18.9. The Hall–Kier alpha value is -4.32. The van der Waals surface area contributed by atoms with Crippen molar-refractivity contribution >= 4 is 28.1 Å². The number of pyridine rings is 1. The fraction of sp³-hybridized carbons (Fsp3) is 0.321. The number of rotatable bonds is 6. The Labute approximate surface area is 225 Å². The molecule has 12 heteroatoms. The zero-order chi connectivity index (χ0) is 28.7. The molecule has 2 aliphatic rings. The maximum atomic E-state index is 14.8. The molecule has 2 fully saturated rings. The van der Waals surface area contributed by atoms with Gasteiger partial charge in [0.15, 0.2) is 0 Å². The first kappa shape index (κ1) is 25.9. The molecule has 0 bridgehead atoms. The Bertz CT molecular complexity index is 1890. The molecule has 6 rings (SSSR count). The van der Waals surface area contributed by atoms with Gasteiger partial charge in [0.25, 0.3) is 17.0 Å². The number of halogens is 3. The van der Waals surface area contributed by atoms with E-state index >= 15 is 0 Å². The summed E-state index contributed by atoms with van der Waals surface area (Å²) in [7, 11) is 1.45. The van der Waals surface area contributed by atoms with E-state index in [-0.39, 0.29) is 45.4 Å². The molecule has 3 N–H and O–H groups in total. The third-order valence-corrected chi connectivity index (χ3v) is 7.58. The predicted octanol–water partition coefficient (Wildman–Crippen LogP) is 3.48. The minimum Gasteiger partial charge on any atom is -0.384 e. The van der Waals surface area contributed by atoms with E-state index < -0.39 is 40.7 Å². The second kappa shape index (κ2) is 8.85. The molecule has 0 saturated heterocycles. The van der Waals surface area contributed by atoms with Gasteiger partial charge in [0.05, 0.1) is 16.9 Å². The monoisotopic (exact) mass is 553 g/mol. The van der Waals surface area contributed by atoms with Crippen LogP contribution in [-0.4, -0.2) is 36.9 Å². The van der Waals surface area contributed by atoms with E-state index in [2.05, 4.69) is 10.6 Å². The minimum atomic E-state index is -3.28. The summed E-state index contributed by atoms with van der Waals surface area (Å²) in [4.78, 5) is 41.1. The van der Waals surface area contributed by atoms with Gasteiger partial charge in [-0.3, -0.25) is 23.3 Å². The normalized spacial score (nSPS) is 19.6. The lowest BCUT2D eigenvalue weighted by Crippen LogP contribution is -2.41. The summed E-state index contributed by atoms with van der Waals surface area (Å²) < 4.78 is 45.8. The van der Waals surface area contributed by atoms with Crippen molar-refractivity contribution in [2.24, 2.45) is 7.05 Å². The number of hydrogen-bond donors (Lipinski definition) is 3. The van der Waals surface area contributed by atoms with Crippen LogP contribution < -0.4 is 27.4 Å². The average Bonchev–Trinajstić information content (AvgIpc) is 3.81. The van der Waals surface area contributed by atoms with Crippen LogP contribution in [0.15, 0.2) is 56.8 Å². The number of anilines is 3. The summed E-state index contributed by atoms with van der Waals surface area (Å²) in [6, 6.07) is 8.69. The Morgan fingerprint density at radius 1 is 1.02 bits per heavy atom. The van der Waals surface area contributed by atoms with Gasteiger partial charge in [-0.25, -0.2) is 18.0 Å². The maximum absolute atomic E-state index is 14.8. The van der Waals surface area contributed by atoms with E-state index in [0.717, 1.165) is 4.57 Å². The first-order valence-electron chi connectivity index (χ1n) is 12.8. The van der Waals surface area contributed by atoms with Crippen LogP contribution >= 0.6 is 0 Å². The van der Waals surface area contributed by atoms with E-state index in [1.807, 2.05) is 0 Å². The van der Waals surface area contributed by atoms with E-state index in [4.69, 9.17) is 0 Å². The number of alkyl halides is 2. The van der Waals surface area contributed by atoms with Crippen LogP contribution in [-0.2, 0) is 7.05 Å². The molecule has 2 aliphatic carbocycles. The Balaban J connectivity index is 1.63. The topological polar surface area (TPSA) is 110 Å². The third kappa shape index (κ3) is 3.93. The number of aliphatic hydroxyl groups excluding tert-OH is 1. The number of aryl methyl sites for hydroxylation is 2. The highest BCUT2D eigenvalue weighted by molar-refractivity contribution is 5.93. The van der Waals surface area contributed by atoms with Crippen molar-refractivity contribution < 1.29 is 18.3 Å². The molecule has 0 spiro atoms. The van der Waals surface area contributed by atoms with Crippen LogP contribution in [0.1, 0.15) is 30.0 Å². The number of hydrogen-bond acceptors (Lipinski definition) is 6. The Kier molecular flexibility index (Phi) is 5.74.